The highest BCUT2D eigenvalue weighted by atomic mass is 16.5. The van der Waals surface area contributed by atoms with Gasteiger partial charge in [0, 0.05) is 31.2 Å². The van der Waals surface area contributed by atoms with Crippen LogP contribution in [0.3, 0.4) is 0 Å². The molecular weight excluding hydrogens is 240 g/mol. The molecule has 1 fully saturated rings. The van der Waals surface area contributed by atoms with Crippen molar-refractivity contribution in [2.24, 2.45) is 0 Å². The molecule has 0 bridgehead atoms. The molecule has 1 aromatic carbocycles. The van der Waals surface area contributed by atoms with Crippen molar-refractivity contribution in [3.8, 4) is 11.5 Å². The van der Waals surface area contributed by atoms with Gasteiger partial charge in [-0.1, -0.05) is 6.07 Å². The first-order valence-electron chi connectivity index (χ1n) is 6.88. The van der Waals surface area contributed by atoms with Gasteiger partial charge >= 0.3 is 0 Å². The molecule has 2 rings (SSSR count). The lowest BCUT2D eigenvalue weighted by atomic mass is 10.0. The topological polar surface area (TPSA) is 44.7 Å². The van der Waals surface area contributed by atoms with Crippen molar-refractivity contribution in [3.63, 3.8) is 0 Å². The Bertz CT molecular complexity index is 426. The Labute approximate surface area is 115 Å². The van der Waals surface area contributed by atoms with Gasteiger partial charge in [0.05, 0.1) is 7.11 Å². The zero-order chi connectivity index (χ0) is 14.0. The molecule has 1 aliphatic heterocycles. The van der Waals surface area contributed by atoms with Crippen LogP contribution < -0.4 is 10.1 Å². The normalized spacial score (nSPS) is 26.1. The highest BCUT2D eigenvalue weighted by Gasteiger charge is 2.25. The van der Waals surface area contributed by atoms with E-state index in [2.05, 4.69) is 31.0 Å². The number of hydrogen-bond donors (Lipinski definition) is 2. The average molecular weight is 264 g/mol. The van der Waals surface area contributed by atoms with Crippen LogP contribution in [0.5, 0.6) is 11.5 Å². The van der Waals surface area contributed by atoms with E-state index in [0.717, 1.165) is 13.1 Å². The molecule has 0 saturated carbocycles. The summed E-state index contributed by atoms with van der Waals surface area (Å²) in [4.78, 5) is 2.47. The van der Waals surface area contributed by atoms with E-state index in [1.165, 1.54) is 5.56 Å². The standard InChI is InChI=1S/C15H24N2O2/c1-10-8-17(9-11(2)16-10)12(3)13-5-6-14(18)15(7-13)19-4/h5-7,10-12,16,18H,8-9H2,1-4H3. The van der Waals surface area contributed by atoms with Crippen LogP contribution in [0, 0.1) is 0 Å². The van der Waals surface area contributed by atoms with Gasteiger partial charge in [0.15, 0.2) is 11.5 Å². The average Bonchev–Trinajstić information content (AvgIpc) is 2.37. The Morgan fingerprint density at radius 1 is 1.32 bits per heavy atom. The molecule has 1 aromatic rings. The molecular formula is C15H24N2O2. The molecule has 3 atom stereocenters. The summed E-state index contributed by atoms with van der Waals surface area (Å²) in [5, 5.41) is 13.2. The van der Waals surface area contributed by atoms with Crippen LogP contribution in [-0.4, -0.2) is 42.3 Å². The molecule has 4 nitrogen and oxygen atoms in total. The van der Waals surface area contributed by atoms with Gasteiger partial charge in [-0.2, -0.15) is 0 Å². The molecule has 0 spiro atoms. The second-order valence-corrected chi connectivity index (χ2v) is 5.53. The fraction of sp³-hybridized carbons (Fsp3) is 0.600. The van der Waals surface area contributed by atoms with E-state index >= 15 is 0 Å². The Morgan fingerprint density at radius 2 is 1.95 bits per heavy atom. The Kier molecular flexibility index (Phi) is 4.32. The van der Waals surface area contributed by atoms with E-state index in [-0.39, 0.29) is 5.75 Å². The van der Waals surface area contributed by atoms with E-state index in [9.17, 15) is 5.11 Å². The van der Waals surface area contributed by atoms with Crippen LogP contribution in [0.1, 0.15) is 32.4 Å². The van der Waals surface area contributed by atoms with E-state index in [1.807, 2.05) is 12.1 Å². The SMILES string of the molecule is COc1cc(C(C)N2CC(C)NC(C)C2)ccc1O. The fourth-order valence-electron chi connectivity index (χ4n) is 2.85. The number of phenolic OH excluding ortho intramolecular Hbond substituents is 1. The molecule has 2 N–H and O–H groups in total. The summed E-state index contributed by atoms with van der Waals surface area (Å²) in [5.41, 5.74) is 1.18. The largest absolute Gasteiger partial charge is 0.504 e. The van der Waals surface area contributed by atoms with Crippen LogP contribution in [0.25, 0.3) is 0 Å². The Morgan fingerprint density at radius 3 is 2.53 bits per heavy atom. The van der Waals surface area contributed by atoms with Gasteiger partial charge in [-0.25, -0.2) is 0 Å². The highest BCUT2D eigenvalue weighted by Crippen LogP contribution is 2.31. The number of ether oxygens (including phenoxy) is 1. The van der Waals surface area contributed by atoms with Crippen LogP contribution in [0.4, 0.5) is 0 Å². The molecule has 3 unspecified atom stereocenters. The maximum atomic E-state index is 9.66. The minimum absolute atomic E-state index is 0.195. The summed E-state index contributed by atoms with van der Waals surface area (Å²) >= 11 is 0. The van der Waals surface area contributed by atoms with Gasteiger partial charge in [-0.3, -0.25) is 4.90 Å². The third-order valence-corrected chi connectivity index (χ3v) is 3.82. The van der Waals surface area contributed by atoms with Crippen molar-refractivity contribution >= 4 is 0 Å². The molecule has 0 amide bonds. The number of nitrogens with one attached hydrogen (secondary N) is 1. The third-order valence-electron chi connectivity index (χ3n) is 3.82. The summed E-state index contributed by atoms with van der Waals surface area (Å²) in [6.45, 7) is 8.71. The lowest BCUT2D eigenvalue weighted by molar-refractivity contribution is 0.131. The summed E-state index contributed by atoms with van der Waals surface area (Å²) in [7, 11) is 1.58. The molecule has 1 heterocycles. The van der Waals surface area contributed by atoms with Crippen molar-refractivity contribution in [2.45, 2.75) is 38.9 Å². The number of piperazine rings is 1. The third kappa shape index (κ3) is 3.19. The molecule has 1 aliphatic rings. The van der Waals surface area contributed by atoms with E-state index in [0.29, 0.717) is 23.9 Å². The van der Waals surface area contributed by atoms with Crippen molar-refractivity contribution in [1.82, 2.24) is 10.2 Å². The first-order valence-corrected chi connectivity index (χ1v) is 6.88. The predicted octanol–water partition coefficient (Wildman–Crippen LogP) is 2.14. The first-order chi connectivity index (χ1) is 9.01. The molecule has 4 heteroatoms. The summed E-state index contributed by atoms with van der Waals surface area (Å²) in [5.74, 6) is 0.737. The van der Waals surface area contributed by atoms with Crippen molar-refractivity contribution in [1.29, 1.82) is 0 Å². The van der Waals surface area contributed by atoms with Gasteiger partial charge in [0.1, 0.15) is 0 Å². The van der Waals surface area contributed by atoms with Crippen molar-refractivity contribution < 1.29 is 9.84 Å². The second-order valence-electron chi connectivity index (χ2n) is 5.53. The van der Waals surface area contributed by atoms with E-state index < -0.39 is 0 Å². The van der Waals surface area contributed by atoms with Gasteiger partial charge < -0.3 is 15.2 Å². The Balaban J connectivity index is 2.16. The van der Waals surface area contributed by atoms with E-state index in [1.54, 1.807) is 13.2 Å². The van der Waals surface area contributed by atoms with Crippen molar-refractivity contribution in [3.05, 3.63) is 23.8 Å². The molecule has 0 aromatic heterocycles. The summed E-state index contributed by atoms with van der Waals surface area (Å²) < 4.78 is 5.18. The van der Waals surface area contributed by atoms with Gasteiger partial charge in [-0.15, -0.1) is 0 Å². The number of aromatic hydroxyl groups is 1. The molecule has 1 saturated heterocycles. The fourth-order valence-corrected chi connectivity index (χ4v) is 2.85. The first kappa shape index (κ1) is 14.2. The zero-order valence-corrected chi connectivity index (χ0v) is 12.2. The summed E-state index contributed by atoms with van der Waals surface area (Å²) in [6, 6.07) is 6.94. The number of rotatable bonds is 3. The number of phenols is 1. The lowest BCUT2D eigenvalue weighted by Crippen LogP contribution is -2.54. The highest BCUT2D eigenvalue weighted by molar-refractivity contribution is 5.42. The minimum atomic E-state index is 0.195. The number of hydrogen-bond acceptors (Lipinski definition) is 4. The van der Waals surface area contributed by atoms with Crippen LogP contribution >= 0.6 is 0 Å². The second kappa shape index (κ2) is 5.80. The molecule has 106 valence electrons. The van der Waals surface area contributed by atoms with Crippen LogP contribution in [0.2, 0.25) is 0 Å². The monoisotopic (exact) mass is 264 g/mol. The molecule has 0 radical (unpaired) electrons. The Hall–Kier alpha value is -1.26. The molecule has 0 aliphatic carbocycles. The van der Waals surface area contributed by atoms with Gasteiger partial charge in [0.2, 0.25) is 0 Å². The molecule has 19 heavy (non-hydrogen) atoms. The predicted molar refractivity (Wildman–Crippen MR) is 76.7 cm³/mol. The zero-order valence-electron chi connectivity index (χ0n) is 12.2. The maximum Gasteiger partial charge on any atom is 0.160 e. The van der Waals surface area contributed by atoms with Crippen LogP contribution in [0.15, 0.2) is 18.2 Å². The van der Waals surface area contributed by atoms with Gasteiger partial charge in [0.25, 0.3) is 0 Å². The minimum Gasteiger partial charge on any atom is -0.504 e. The lowest BCUT2D eigenvalue weighted by Gasteiger charge is -2.39. The quantitative estimate of drug-likeness (QED) is 0.878. The van der Waals surface area contributed by atoms with Crippen LogP contribution in [-0.2, 0) is 0 Å². The van der Waals surface area contributed by atoms with Crippen molar-refractivity contribution in [2.75, 3.05) is 20.2 Å². The number of benzene rings is 1. The van der Waals surface area contributed by atoms with E-state index in [4.69, 9.17) is 4.74 Å². The maximum absolute atomic E-state index is 9.66. The number of nitrogens with zero attached hydrogens (tertiary/aromatic N) is 1. The summed E-state index contributed by atoms with van der Waals surface area (Å²) in [6.07, 6.45) is 0. The number of methoxy groups -OCH3 is 1. The smallest absolute Gasteiger partial charge is 0.160 e. The van der Waals surface area contributed by atoms with Gasteiger partial charge in [-0.05, 0) is 38.5 Å².